The molecule has 78 valence electrons. The predicted octanol–water partition coefficient (Wildman–Crippen LogP) is -0.337. The van der Waals surface area contributed by atoms with Crippen LogP contribution in [0.2, 0.25) is 0 Å². The fourth-order valence-electron chi connectivity index (χ4n) is 0.821. The van der Waals surface area contributed by atoms with Crippen molar-refractivity contribution in [3.8, 4) is 0 Å². The van der Waals surface area contributed by atoms with Gasteiger partial charge in [-0.05, 0) is 20.5 Å². The highest BCUT2D eigenvalue weighted by molar-refractivity contribution is 5.84. The van der Waals surface area contributed by atoms with Crippen LogP contribution in [0.1, 0.15) is 13.8 Å². The van der Waals surface area contributed by atoms with Gasteiger partial charge in [-0.3, -0.25) is 0 Å². The van der Waals surface area contributed by atoms with Crippen LogP contribution in [0, 0.1) is 0 Å². The Labute approximate surface area is 79.6 Å². The molecule has 0 amide bonds. The van der Waals surface area contributed by atoms with Crippen molar-refractivity contribution in [3.63, 3.8) is 0 Å². The molecule has 0 aliphatic rings. The Bertz CT molecular complexity index is 160. The lowest BCUT2D eigenvalue weighted by atomic mass is 10.3. The number of rotatable bonds is 6. The molecule has 0 spiro atoms. The number of hydrogen-bond acceptors (Lipinski definition) is 4. The van der Waals surface area contributed by atoms with E-state index >= 15 is 0 Å². The lowest BCUT2D eigenvalue weighted by Gasteiger charge is -2.16. The maximum absolute atomic E-state index is 8.37. The molecule has 0 bridgehead atoms. The molecule has 0 aromatic carbocycles. The van der Waals surface area contributed by atoms with Crippen LogP contribution >= 0.6 is 0 Å². The number of amidine groups is 1. The molecule has 5 heteroatoms. The summed E-state index contributed by atoms with van der Waals surface area (Å²) in [6.45, 7) is 6.79. The first-order chi connectivity index (χ1) is 6.11. The van der Waals surface area contributed by atoms with E-state index in [-0.39, 0.29) is 11.9 Å². The highest BCUT2D eigenvalue weighted by Crippen LogP contribution is 1.83. The summed E-state index contributed by atoms with van der Waals surface area (Å²) in [7, 11) is 2.05. The van der Waals surface area contributed by atoms with Crippen LogP contribution < -0.4 is 11.1 Å². The van der Waals surface area contributed by atoms with E-state index in [4.69, 9.17) is 10.9 Å². The molecular formula is C8H20N4O. The van der Waals surface area contributed by atoms with Crippen LogP contribution in [-0.4, -0.2) is 48.7 Å². The lowest BCUT2D eigenvalue weighted by Crippen LogP contribution is -2.42. The number of nitrogens with one attached hydrogen (secondary N) is 1. The molecule has 0 rings (SSSR count). The van der Waals surface area contributed by atoms with Crippen molar-refractivity contribution in [2.45, 2.75) is 19.9 Å². The van der Waals surface area contributed by atoms with Crippen LogP contribution in [0.15, 0.2) is 5.16 Å². The summed E-state index contributed by atoms with van der Waals surface area (Å²) in [5.41, 5.74) is 5.39. The summed E-state index contributed by atoms with van der Waals surface area (Å²) in [6.07, 6.45) is 0. The fourth-order valence-corrected chi connectivity index (χ4v) is 0.821. The predicted molar refractivity (Wildman–Crippen MR) is 54.0 cm³/mol. The van der Waals surface area contributed by atoms with E-state index in [1.165, 1.54) is 0 Å². The van der Waals surface area contributed by atoms with Crippen LogP contribution in [0.4, 0.5) is 0 Å². The Balaban J connectivity index is 3.53. The van der Waals surface area contributed by atoms with E-state index in [0.717, 1.165) is 19.6 Å². The zero-order valence-electron chi connectivity index (χ0n) is 8.62. The molecule has 0 aliphatic carbocycles. The monoisotopic (exact) mass is 188 g/mol. The summed E-state index contributed by atoms with van der Waals surface area (Å²) < 4.78 is 0. The molecule has 0 saturated carbocycles. The first kappa shape index (κ1) is 12.2. The molecule has 0 aromatic rings. The molecule has 0 saturated heterocycles. The number of nitrogens with zero attached hydrogens (tertiary/aromatic N) is 2. The molecular weight excluding hydrogens is 168 g/mol. The van der Waals surface area contributed by atoms with Gasteiger partial charge in [0.2, 0.25) is 0 Å². The SMILES string of the molecule is CCN(C)CCNC(C)C(N)=NO. The average molecular weight is 188 g/mol. The quantitative estimate of drug-likeness (QED) is 0.231. The number of oxime groups is 1. The van der Waals surface area contributed by atoms with E-state index in [2.05, 4.69) is 29.3 Å². The van der Waals surface area contributed by atoms with Gasteiger partial charge in [-0.15, -0.1) is 0 Å². The average Bonchev–Trinajstić information content (AvgIpc) is 2.15. The van der Waals surface area contributed by atoms with Crippen molar-refractivity contribution < 1.29 is 5.21 Å². The van der Waals surface area contributed by atoms with Gasteiger partial charge in [0, 0.05) is 13.1 Å². The van der Waals surface area contributed by atoms with Crippen LogP contribution in [0.25, 0.3) is 0 Å². The Kier molecular flexibility index (Phi) is 6.26. The Morgan fingerprint density at radius 1 is 1.69 bits per heavy atom. The summed E-state index contributed by atoms with van der Waals surface area (Å²) in [5.74, 6) is 0.221. The minimum Gasteiger partial charge on any atom is -0.409 e. The normalized spacial score (nSPS) is 14.9. The van der Waals surface area contributed by atoms with Crippen molar-refractivity contribution in [3.05, 3.63) is 0 Å². The van der Waals surface area contributed by atoms with Crippen molar-refractivity contribution in [2.75, 3.05) is 26.7 Å². The highest BCUT2D eigenvalue weighted by Gasteiger charge is 2.05. The molecule has 5 nitrogen and oxygen atoms in total. The lowest BCUT2D eigenvalue weighted by molar-refractivity contribution is 0.313. The minimum absolute atomic E-state index is 0.0738. The molecule has 0 heterocycles. The Hall–Kier alpha value is -0.810. The molecule has 0 aromatic heterocycles. The van der Waals surface area contributed by atoms with E-state index in [1.807, 2.05) is 6.92 Å². The Morgan fingerprint density at radius 3 is 2.77 bits per heavy atom. The Morgan fingerprint density at radius 2 is 2.31 bits per heavy atom. The van der Waals surface area contributed by atoms with Gasteiger partial charge in [-0.1, -0.05) is 12.1 Å². The maximum Gasteiger partial charge on any atom is 0.156 e. The summed E-state index contributed by atoms with van der Waals surface area (Å²) in [6, 6.07) is -0.0738. The second kappa shape index (κ2) is 6.68. The van der Waals surface area contributed by atoms with Gasteiger partial charge < -0.3 is 21.2 Å². The third-order valence-electron chi connectivity index (χ3n) is 2.04. The van der Waals surface area contributed by atoms with Crippen LogP contribution in [0.5, 0.6) is 0 Å². The number of hydrogen-bond donors (Lipinski definition) is 3. The third-order valence-corrected chi connectivity index (χ3v) is 2.04. The fraction of sp³-hybridized carbons (Fsp3) is 0.875. The van der Waals surface area contributed by atoms with Gasteiger partial charge >= 0.3 is 0 Å². The van der Waals surface area contributed by atoms with Crippen molar-refractivity contribution >= 4 is 5.84 Å². The third kappa shape index (κ3) is 5.43. The van der Waals surface area contributed by atoms with E-state index in [1.54, 1.807) is 0 Å². The van der Waals surface area contributed by atoms with Crippen molar-refractivity contribution in [1.29, 1.82) is 0 Å². The second-order valence-corrected chi connectivity index (χ2v) is 3.10. The molecule has 13 heavy (non-hydrogen) atoms. The molecule has 0 radical (unpaired) electrons. The topological polar surface area (TPSA) is 73.9 Å². The standard InChI is InChI=1S/C8H20N4O/c1-4-12(3)6-5-10-7(2)8(9)11-13/h7,10,13H,4-6H2,1-3H3,(H2,9,11). The summed E-state index contributed by atoms with van der Waals surface area (Å²) >= 11 is 0. The van der Waals surface area contributed by atoms with Gasteiger partial charge in [0.25, 0.3) is 0 Å². The van der Waals surface area contributed by atoms with E-state index < -0.39 is 0 Å². The summed E-state index contributed by atoms with van der Waals surface area (Å²) in [5, 5.41) is 14.4. The zero-order chi connectivity index (χ0) is 10.3. The highest BCUT2D eigenvalue weighted by atomic mass is 16.4. The summed E-state index contributed by atoms with van der Waals surface area (Å²) in [4.78, 5) is 2.19. The zero-order valence-corrected chi connectivity index (χ0v) is 8.62. The minimum atomic E-state index is -0.0738. The van der Waals surface area contributed by atoms with Crippen LogP contribution in [-0.2, 0) is 0 Å². The van der Waals surface area contributed by atoms with Crippen molar-refractivity contribution in [1.82, 2.24) is 10.2 Å². The van der Waals surface area contributed by atoms with Gasteiger partial charge in [0.1, 0.15) is 0 Å². The first-order valence-electron chi connectivity index (χ1n) is 4.51. The van der Waals surface area contributed by atoms with Crippen LogP contribution in [0.3, 0.4) is 0 Å². The van der Waals surface area contributed by atoms with Gasteiger partial charge in [-0.25, -0.2) is 0 Å². The van der Waals surface area contributed by atoms with Crippen molar-refractivity contribution in [2.24, 2.45) is 10.9 Å². The second-order valence-electron chi connectivity index (χ2n) is 3.10. The van der Waals surface area contributed by atoms with E-state index in [0.29, 0.717) is 0 Å². The van der Waals surface area contributed by atoms with Gasteiger partial charge in [0.15, 0.2) is 5.84 Å². The number of nitrogens with two attached hydrogens (primary N) is 1. The van der Waals surface area contributed by atoms with Gasteiger partial charge in [-0.2, -0.15) is 0 Å². The first-order valence-corrected chi connectivity index (χ1v) is 4.51. The van der Waals surface area contributed by atoms with Gasteiger partial charge in [0.05, 0.1) is 6.04 Å². The smallest absolute Gasteiger partial charge is 0.156 e. The molecule has 0 aliphatic heterocycles. The largest absolute Gasteiger partial charge is 0.409 e. The molecule has 0 fully saturated rings. The molecule has 1 atom stereocenters. The number of likely N-dealkylation sites (N-methyl/N-ethyl adjacent to an activating group) is 1. The van der Waals surface area contributed by atoms with E-state index in [9.17, 15) is 0 Å². The molecule has 1 unspecified atom stereocenters. The molecule has 4 N–H and O–H groups in total. The maximum atomic E-state index is 8.37.